The molecule has 2 aliphatic heterocycles. The third-order valence-corrected chi connectivity index (χ3v) is 9.32. The van der Waals surface area contributed by atoms with Crippen molar-refractivity contribution in [2.24, 2.45) is 11.3 Å². The van der Waals surface area contributed by atoms with Crippen molar-refractivity contribution in [3.05, 3.63) is 35.4 Å². The van der Waals surface area contributed by atoms with E-state index in [1.54, 1.807) is 7.11 Å². The van der Waals surface area contributed by atoms with Crippen molar-refractivity contribution in [1.82, 2.24) is 4.90 Å². The fourth-order valence-electron chi connectivity index (χ4n) is 8.17. The predicted octanol–water partition coefficient (Wildman–Crippen LogP) is 3.34. The minimum Gasteiger partial charge on any atom is -0.493 e. The van der Waals surface area contributed by atoms with Gasteiger partial charge in [0.05, 0.1) is 18.6 Å². The first kappa shape index (κ1) is 19.1. The lowest BCUT2D eigenvalue weighted by Gasteiger charge is -2.71. The molecule has 6 aliphatic rings. The van der Waals surface area contributed by atoms with Gasteiger partial charge in [0.15, 0.2) is 11.5 Å². The molecule has 5 heteroatoms. The van der Waals surface area contributed by atoms with E-state index in [9.17, 15) is 0 Å². The van der Waals surface area contributed by atoms with E-state index < -0.39 is 5.60 Å². The molecule has 1 aromatic rings. The van der Waals surface area contributed by atoms with Crippen molar-refractivity contribution in [1.29, 1.82) is 0 Å². The van der Waals surface area contributed by atoms with Gasteiger partial charge in [-0.15, -0.1) is 0 Å². The summed E-state index contributed by atoms with van der Waals surface area (Å²) in [6.45, 7) is 6.09. The molecule has 1 saturated heterocycles. The Labute approximate surface area is 179 Å². The van der Waals surface area contributed by atoms with Crippen molar-refractivity contribution in [3.63, 3.8) is 0 Å². The third kappa shape index (κ3) is 1.84. The van der Waals surface area contributed by atoms with E-state index in [4.69, 9.17) is 18.9 Å². The van der Waals surface area contributed by atoms with Gasteiger partial charge in [0.1, 0.15) is 11.7 Å². The van der Waals surface area contributed by atoms with Crippen LogP contribution in [0.5, 0.6) is 11.5 Å². The maximum Gasteiger partial charge on any atom is 0.166 e. The highest BCUT2D eigenvalue weighted by molar-refractivity contribution is 5.65. The SMILES string of the molecule is CCO[C@H](C)[C@H]1C[C@@]23C=C[C@]1(OC)[C@H]1Oc4c(OC)ccc5c4[C@@]12CCN(C)[C@@H]3C5. The number of likely N-dealkylation sites (tertiary alicyclic amines) is 1. The molecule has 0 N–H and O–H groups in total. The lowest BCUT2D eigenvalue weighted by atomic mass is 9.37. The van der Waals surface area contributed by atoms with E-state index in [-0.39, 0.29) is 29.0 Å². The number of piperidine rings is 1. The standard InChI is InChI=1S/C25H33NO4/c1-6-29-15(2)17-14-23-9-10-25(17,28-5)22-24(23)11-12-26(3)19(23)13-16-7-8-18(27-4)21(30-22)20(16)24/h7-10,15,17,19,22H,6,11-14H2,1-5H3/t15-,17-,19-,22+,23-,24+,25-/m1/s1. The summed E-state index contributed by atoms with van der Waals surface area (Å²) in [5.74, 6) is 2.06. The Balaban J connectivity index is 1.64. The van der Waals surface area contributed by atoms with Gasteiger partial charge in [0, 0.05) is 36.7 Å². The van der Waals surface area contributed by atoms with Gasteiger partial charge < -0.3 is 23.8 Å². The Kier molecular flexibility index (Phi) is 3.84. The van der Waals surface area contributed by atoms with Crippen LogP contribution < -0.4 is 9.47 Å². The van der Waals surface area contributed by atoms with Crippen LogP contribution >= 0.6 is 0 Å². The zero-order chi connectivity index (χ0) is 20.9. The molecule has 1 aromatic carbocycles. The van der Waals surface area contributed by atoms with Crippen LogP contribution in [0.15, 0.2) is 24.3 Å². The Hall–Kier alpha value is -1.56. The monoisotopic (exact) mass is 411 g/mol. The van der Waals surface area contributed by atoms with Gasteiger partial charge in [0.2, 0.25) is 0 Å². The summed E-state index contributed by atoms with van der Waals surface area (Å²) in [5, 5.41) is 0. The minimum absolute atomic E-state index is 0.0333. The van der Waals surface area contributed by atoms with E-state index >= 15 is 0 Å². The van der Waals surface area contributed by atoms with Crippen LogP contribution in [-0.4, -0.2) is 63.2 Å². The summed E-state index contributed by atoms with van der Waals surface area (Å²) in [6, 6.07) is 4.83. The highest BCUT2D eigenvalue weighted by atomic mass is 16.6. The largest absolute Gasteiger partial charge is 0.493 e. The lowest BCUT2D eigenvalue weighted by Crippen LogP contribution is -2.79. The zero-order valence-corrected chi connectivity index (χ0v) is 18.7. The van der Waals surface area contributed by atoms with E-state index in [2.05, 4.69) is 50.1 Å². The number of rotatable bonds is 5. The Morgan fingerprint density at radius 3 is 2.83 bits per heavy atom. The Morgan fingerprint density at radius 1 is 1.27 bits per heavy atom. The van der Waals surface area contributed by atoms with Gasteiger partial charge in [-0.3, -0.25) is 0 Å². The second kappa shape index (κ2) is 6.02. The van der Waals surface area contributed by atoms with Crippen LogP contribution in [0.25, 0.3) is 0 Å². The molecule has 0 amide bonds. The van der Waals surface area contributed by atoms with E-state index in [0.717, 1.165) is 37.3 Å². The van der Waals surface area contributed by atoms with Crippen molar-refractivity contribution in [3.8, 4) is 11.5 Å². The van der Waals surface area contributed by atoms with Gasteiger partial charge in [-0.25, -0.2) is 0 Å². The molecule has 4 bridgehead atoms. The average molecular weight is 412 g/mol. The summed E-state index contributed by atoms with van der Waals surface area (Å²) < 4.78 is 25.3. The molecular formula is C25H33NO4. The molecule has 2 spiro atoms. The number of hydrogen-bond donors (Lipinski definition) is 0. The van der Waals surface area contributed by atoms with Crippen LogP contribution in [0.4, 0.5) is 0 Å². The molecule has 2 fully saturated rings. The van der Waals surface area contributed by atoms with Crippen LogP contribution in [0.1, 0.15) is 37.8 Å². The van der Waals surface area contributed by atoms with E-state index in [0.29, 0.717) is 12.6 Å². The van der Waals surface area contributed by atoms with Crippen molar-refractivity contribution in [2.75, 3.05) is 34.4 Å². The molecule has 0 unspecified atom stereocenters. The van der Waals surface area contributed by atoms with Gasteiger partial charge in [-0.2, -0.15) is 0 Å². The quantitative estimate of drug-likeness (QED) is 0.695. The number of hydrogen-bond acceptors (Lipinski definition) is 5. The summed E-state index contributed by atoms with van der Waals surface area (Å²) in [4.78, 5) is 2.59. The molecule has 5 nitrogen and oxygen atoms in total. The van der Waals surface area contributed by atoms with Gasteiger partial charge in [-0.1, -0.05) is 18.2 Å². The van der Waals surface area contributed by atoms with Crippen LogP contribution in [0.3, 0.4) is 0 Å². The smallest absolute Gasteiger partial charge is 0.166 e. The normalized spacial score (nSPS) is 43.3. The Morgan fingerprint density at radius 2 is 2.10 bits per heavy atom. The van der Waals surface area contributed by atoms with Crippen LogP contribution in [0.2, 0.25) is 0 Å². The fourth-order valence-corrected chi connectivity index (χ4v) is 8.17. The first-order valence-corrected chi connectivity index (χ1v) is 11.4. The number of likely N-dealkylation sites (N-methyl/N-ethyl adjacent to an activating group) is 1. The number of methoxy groups -OCH3 is 2. The molecule has 4 aliphatic carbocycles. The molecular weight excluding hydrogens is 378 g/mol. The summed E-state index contributed by atoms with van der Waals surface area (Å²) >= 11 is 0. The highest BCUT2D eigenvalue weighted by Gasteiger charge is 2.79. The maximum atomic E-state index is 6.94. The molecule has 7 atom stereocenters. The average Bonchev–Trinajstić information content (AvgIpc) is 3.13. The van der Waals surface area contributed by atoms with Crippen molar-refractivity contribution >= 4 is 0 Å². The topological polar surface area (TPSA) is 40.2 Å². The molecule has 162 valence electrons. The third-order valence-electron chi connectivity index (χ3n) is 9.32. The van der Waals surface area contributed by atoms with Crippen molar-refractivity contribution < 1.29 is 18.9 Å². The molecule has 7 rings (SSSR count). The summed E-state index contributed by atoms with van der Waals surface area (Å²) in [7, 11) is 5.90. The maximum absolute atomic E-state index is 6.94. The minimum atomic E-state index is -0.491. The number of benzene rings is 1. The van der Waals surface area contributed by atoms with E-state index in [1.165, 1.54) is 11.1 Å². The van der Waals surface area contributed by atoms with Crippen LogP contribution in [-0.2, 0) is 21.3 Å². The van der Waals surface area contributed by atoms with Gasteiger partial charge in [0.25, 0.3) is 0 Å². The fraction of sp³-hybridized carbons (Fsp3) is 0.680. The second-order valence-electron chi connectivity index (χ2n) is 9.95. The second-order valence-corrected chi connectivity index (χ2v) is 9.95. The van der Waals surface area contributed by atoms with E-state index in [1.807, 2.05) is 7.11 Å². The first-order chi connectivity index (χ1) is 14.5. The first-order valence-electron chi connectivity index (χ1n) is 11.4. The molecule has 2 heterocycles. The zero-order valence-electron chi connectivity index (χ0n) is 18.7. The molecule has 0 radical (unpaired) electrons. The number of ether oxygens (including phenoxy) is 4. The molecule has 30 heavy (non-hydrogen) atoms. The van der Waals surface area contributed by atoms with Crippen molar-refractivity contribution in [2.45, 2.75) is 62.4 Å². The summed E-state index contributed by atoms with van der Waals surface area (Å²) in [5.41, 5.74) is 2.32. The number of nitrogens with zero attached hydrogens (tertiary/aromatic N) is 1. The molecule has 1 saturated carbocycles. The lowest BCUT2D eigenvalue weighted by molar-refractivity contribution is -0.232. The number of fused-ring (bicyclic) bond motifs is 1. The van der Waals surface area contributed by atoms with Gasteiger partial charge >= 0.3 is 0 Å². The van der Waals surface area contributed by atoms with Crippen LogP contribution in [0, 0.1) is 11.3 Å². The van der Waals surface area contributed by atoms with Gasteiger partial charge in [-0.05, 0) is 58.3 Å². The highest BCUT2D eigenvalue weighted by Crippen LogP contribution is 2.74. The predicted molar refractivity (Wildman–Crippen MR) is 114 cm³/mol. The Bertz CT molecular complexity index is 930. The summed E-state index contributed by atoms with van der Waals surface area (Å²) in [6.07, 6.45) is 8.13. The molecule has 0 aromatic heterocycles.